The van der Waals surface area contributed by atoms with E-state index in [1.807, 2.05) is 0 Å². The Kier molecular flexibility index (Phi) is 3.35. The lowest BCUT2D eigenvalue weighted by Gasteiger charge is -2.40. The molecule has 1 aliphatic rings. The molecule has 2 N–H and O–H groups in total. The van der Waals surface area contributed by atoms with Crippen LogP contribution in [-0.4, -0.2) is 29.5 Å². The van der Waals surface area contributed by atoms with Gasteiger partial charge in [0.2, 0.25) is 0 Å². The van der Waals surface area contributed by atoms with Gasteiger partial charge in [0.25, 0.3) is 0 Å². The van der Waals surface area contributed by atoms with E-state index in [-0.39, 0.29) is 5.75 Å². The molecular weight excluding hydrogens is 223 g/mol. The maximum atomic E-state index is 13.3. The third-order valence-corrected chi connectivity index (χ3v) is 3.64. The molecule has 4 heteroatoms. The van der Waals surface area contributed by atoms with Gasteiger partial charge >= 0.3 is 0 Å². The van der Waals surface area contributed by atoms with Crippen LogP contribution in [0.15, 0.2) is 18.2 Å². The summed E-state index contributed by atoms with van der Waals surface area (Å²) in [5.74, 6) is -0.585. The summed E-state index contributed by atoms with van der Waals surface area (Å²) in [6, 6.07) is 3.98. The van der Waals surface area contributed by atoms with Crippen LogP contribution in [-0.2, 0) is 10.2 Å². The highest BCUT2D eigenvalue weighted by Crippen LogP contribution is 2.39. The second-order valence-electron chi connectivity index (χ2n) is 4.64. The van der Waals surface area contributed by atoms with E-state index in [0.717, 1.165) is 6.07 Å². The molecule has 0 radical (unpaired) electrons. The van der Waals surface area contributed by atoms with Gasteiger partial charge in [-0.15, -0.1) is 0 Å². The molecule has 0 aliphatic carbocycles. The SMILES string of the molecule is C[C@@H](O)C1(c2cc(O)cc(F)c2)CCOCC1. The largest absolute Gasteiger partial charge is 0.508 e. The fraction of sp³-hybridized carbons (Fsp3) is 0.538. The Labute approximate surface area is 99.8 Å². The molecule has 94 valence electrons. The Morgan fingerprint density at radius 2 is 1.94 bits per heavy atom. The summed E-state index contributed by atoms with van der Waals surface area (Å²) in [4.78, 5) is 0. The Balaban J connectivity index is 2.44. The minimum Gasteiger partial charge on any atom is -0.508 e. The number of hydrogen-bond acceptors (Lipinski definition) is 3. The number of phenolic OH excluding ortho intramolecular Hbond substituents is 1. The standard InChI is InChI=1S/C13H17FO3/c1-9(15)13(2-4-17-5-3-13)10-6-11(14)8-12(16)7-10/h6-9,15-16H,2-5H2,1H3/t9-/m1/s1. The Bertz CT molecular complexity index is 377. The van der Waals surface area contributed by atoms with Gasteiger partial charge in [-0.1, -0.05) is 0 Å². The smallest absolute Gasteiger partial charge is 0.127 e. The molecular formula is C13H17FO3. The first-order chi connectivity index (χ1) is 8.04. The van der Waals surface area contributed by atoms with Crippen molar-refractivity contribution in [2.24, 2.45) is 0 Å². The van der Waals surface area contributed by atoms with Crippen molar-refractivity contribution in [2.75, 3.05) is 13.2 Å². The summed E-state index contributed by atoms with van der Waals surface area (Å²) in [6.07, 6.45) is 0.661. The fourth-order valence-corrected chi connectivity index (χ4v) is 2.54. The quantitative estimate of drug-likeness (QED) is 0.830. The van der Waals surface area contributed by atoms with Crippen LogP contribution in [0, 0.1) is 5.82 Å². The van der Waals surface area contributed by atoms with Gasteiger partial charge in [0, 0.05) is 24.7 Å². The molecule has 0 saturated carbocycles. The van der Waals surface area contributed by atoms with Crippen molar-refractivity contribution in [3.05, 3.63) is 29.6 Å². The molecule has 0 amide bonds. The summed E-state index contributed by atoms with van der Waals surface area (Å²) in [6.45, 7) is 2.79. The van der Waals surface area contributed by atoms with Gasteiger partial charge in [-0.2, -0.15) is 0 Å². The molecule has 1 saturated heterocycles. The van der Waals surface area contributed by atoms with Crippen LogP contribution >= 0.6 is 0 Å². The van der Waals surface area contributed by atoms with E-state index >= 15 is 0 Å². The molecule has 1 aliphatic heterocycles. The first kappa shape index (κ1) is 12.3. The topological polar surface area (TPSA) is 49.7 Å². The van der Waals surface area contributed by atoms with Crippen LogP contribution in [0.1, 0.15) is 25.3 Å². The van der Waals surface area contributed by atoms with E-state index in [9.17, 15) is 14.6 Å². The number of phenols is 1. The first-order valence-electron chi connectivity index (χ1n) is 5.80. The highest BCUT2D eigenvalue weighted by Gasteiger charge is 2.39. The lowest BCUT2D eigenvalue weighted by molar-refractivity contribution is -0.00856. The average Bonchev–Trinajstić information content (AvgIpc) is 2.28. The lowest BCUT2D eigenvalue weighted by Crippen LogP contribution is -2.42. The number of aliphatic hydroxyl groups is 1. The maximum Gasteiger partial charge on any atom is 0.127 e. The Morgan fingerprint density at radius 3 is 2.47 bits per heavy atom. The third kappa shape index (κ3) is 2.28. The number of benzene rings is 1. The zero-order valence-corrected chi connectivity index (χ0v) is 9.82. The second-order valence-corrected chi connectivity index (χ2v) is 4.64. The maximum absolute atomic E-state index is 13.3. The number of rotatable bonds is 2. The predicted octanol–water partition coefficient (Wildman–Crippen LogP) is 1.96. The monoisotopic (exact) mass is 240 g/mol. The van der Waals surface area contributed by atoms with Gasteiger partial charge in [0.15, 0.2) is 0 Å². The number of halogens is 1. The molecule has 17 heavy (non-hydrogen) atoms. The molecule has 1 fully saturated rings. The van der Waals surface area contributed by atoms with Gasteiger partial charge in [0.05, 0.1) is 6.10 Å². The van der Waals surface area contributed by atoms with Crippen LogP contribution in [0.25, 0.3) is 0 Å². The number of ether oxygens (including phenoxy) is 1. The van der Waals surface area contributed by atoms with Gasteiger partial charge in [-0.3, -0.25) is 0 Å². The van der Waals surface area contributed by atoms with Crippen molar-refractivity contribution in [2.45, 2.75) is 31.3 Å². The average molecular weight is 240 g/mol. The van der Waals surface area contributed by atoms with Crippen LogP contribution < -0.4 is 0 Å². The Morgan fingerprint density at radius 1 is 1.29 bits per heavy atom. The third-order valence-electron chi connectivity index (χ3n) is 3.64. The van der Waals surface area contributed by atoms with Crippen molar-refractivity contribution in [3.8, 4) is 5.75 Å². The number of aromatic hydroxyl groups is 1. The molecule has 1 heterocycles. The van der Waals surface area contributed by atoms with Gasteiger partial charge < -0.3 is 14.9 Å². The van der Waals surface area contributed by atoms with Gasteiger partial charge in [-0.05, 0) is 37.5 Å². The summed E-state index contributed by atoms with van der Waals surface area (Å²) in [7, 11) is 0. The summed E-state index contributed by atoms with van der Waals surface area (Å²) < 4.78 is 18.6. The van der Waals surface area contributed by atoms with Crippen LogP contribution in [0.4, 0.5) is 4.39 Å². The second kappa shape index (κ2) is 4.63. The van der Waals surface area contributed by atoms with Gasteiger partial charge in [-0.25, -0.2) is 4.39 Å². The van der Waals surface area contributed by atoms with E-state index in [1.165, 1.54) is 12.1 Å². The molecule has 1 aromatic carbocycles. The molecule has 0 unspecified atom stereocenters. The van der Waals surface area contributed by atoms with Crippen molar-refractivity contribution >= 4 is 0 Å². The van der Waals surface area contributed by atoms with Crippen molar-refractivity contribution in [1.29, 1.82) is 0 Å². The molecule has 1 aromatic rings. The zero-order valence-electron chi connectivity index (χ0n) is 9.82. The highest BCUT2D eigenvalue weighted by atomic mass is 19.1. The molecule has 2 rings (SSSR count). The summed E-state index contributed by atoms with van der Waals surface area (Å²) >= 11 is 0. The van der Waals surface area contributed by atoms with Crippen molar-refractivity contribution in [1.82, 2.24) is 0 Å². The normalized spacial score (nSPS) is 21.1. The van der Waals surface area contributed by atoms with E-state index in [0.29, 0.717) is 31.6 Å². The van der Waals surface area contributed by atoms with Crippen LogP contribution in [0.2, 0.25) is 0 Å². The fourth-order valence-electron chi connectivity index (χ4n) is 2.54. The molecule has 0 aromatic heterocycles. The van der Waals surface area contributed by atoms with Crippen LogP contribution in [0.3, 0.4) is 0 Å². The zero-order chi connectivity index (χ0) is 12.5. The Hall–Kier alpha value is -1.13. The number of aliphatic hydroxyl groups excluding tert-OH is 1. The molecule has 1 atom stereocenters. The van der Waals surface area contributed by atoms with E-state index in [2.05, 4.69) is 0 Å². The minimum absolute atomic E-state index is 0.105. The van der Waals surface area contributed by atoms with E-state index < -0.39 is 17.3 Å². The summed E-state index contributed by atoms with van der Waals surface area (Å²) in [5, 5.41) is 19.5. The highest BCUT2D eigenvalue weighted by molar-refractivity contribution is 5.35. The lowest BCUT2D eigenvalue weighted by atomic mass is 9.70. The van der Waals surface area contributed by atoms with Gasteiger partial charge in [0.1, 0.15) is 11.6 Å². The predicted molar refractivity (Wildman–Crippen MR) is 61.5 cm³/mol. The van der Waals surface area contributed by atoms with Crippen LogP contribution in [0.5, 0.6) is 5.75 Å². The molecule has 3 nitrogen and oxygen atoms in total. The first-order valence-corrected chi connectivity index (χ1v) is 5.80. The molecule has 0 bridgehead atoms. The molecule has 0 spiro atoms. The summed E-state index contributed by atoms with van der Waals surface area (Å²) in [5.41, 5.74) is 0.131. The van der Waals surface area contributed by atoms with E-state index in [1.54, 1.807) is 6.92 Å². The number of hydrogen-bond donors (Lipinski definition) is 2. The minimum atomic E-state index is -0.604. The van der Waals surface area contributed by atoms with E-state index in [4.69, 9.17) is 4.74 Å². The van der Waals surface area contributed by atoms with Crippen molar-refractivity contribution in [3.63, 3.8) is 0 Å². The van der Waals surface area contributed by atoms with Crippen molar-refractivity contribution < 1.29 is 19.3 Å².